The Morgan fingerprint density at radius 3 is 2.92 bits per heavy atom. The van der Waals surface area contributed by atoms with Crippen LogP contribution in [0, 0.1) is 6.92 Å². The summed E-state index contributed by atoms with van der Waals surface area (Å²) in [6.45, 7) is 4.45. The van der Waals surface area contributed by atoms with Crippen LogP contribution in [0.4, 0.5) is 4.79 Å². The van der Waals surface area contributed by atoms with Crippen molar-refractivity contribution in [2.45, 2.75) is 45.3 Å². The first kappa shape index (κ1) is 15.7. The Balaban J connectivity index is 1.47. The highest BCUT2D eigenvalue weighted by Gasteiger charge is 2.37. The molecule has 2 amide bonds. The van der Waals surface area contributed by atoms with Gasteiger partial charge in [0.25, 0.3) is 0 Å². The number of imidazole rings is 1. The number of hydrogen-bond donors (Lipinski definition) is 1. The zero-order valence-electron chi connectivity index (χ0n) is 14.5. The van der Waals surface area contributed by atoms with Gasteiger partial charge in [-0.05, 0) is 51.0 Å². The van der Waals surface area contributed by atoms with Crippen molar-refractivity contribution in [3.05, 3.63) is 59.9 Å². The van der Waals surface area contributed by atoms with Crippen molar-refractivity contribution in [1.82, 2.24) is 19.6 Å². The van der Waals surface area contributed by atoms with Gasteiger partial charge in [-0.3, -0.25) is 0 Å². The van der Waals surface area contributed by atoms with E-state index in [4.69, 9.17) is 4.42 Å². The Bertz CT molecular complexity index is 880. The average Bonchev–Trinajstić information content (AvgIpc) is 3.13. The molecule has 6 heteroatoms. The van der Waals surface area contributed by atoms with Crippen molar-refractivity contribution in [2.75, 3.05) is 0 Å². The molecular weight excluding hydrogens is 316 g/mol. The number of hydrogen-bond acceptors (Lipinski definition) is 3. The zero-order valence-corrected chi connectivity index (χ0v) is 14.5. The lowest BCUT2D eigenvalue weighted by molar-refractivity contribution is 0.166. The highest BCUT2D eigenvalue weighted by atomic mass is 16.3. The number of pyridine rings is 1. The third kappa shape index (κ3) is 3.12. The summed E-state index contributed by atoms with van der Waals surface area (Å²) >= 11 is 0. The molecule has 4 rings (SSSR count). The van der Waals surface area contributed by atoms with Gasteiger partial charge >= 0.3 is 6.03 Å². The van der Waals surface area contributed by atoms with Gasteiger partial charge in [0.15, 0.2) is 0 Å². The Labute approximate surface area is 146 Å². The number of nitrogens with one attached hydrogen (secondary N) is 1. The molecule has 1 fully saturated rings. The molecule has 1 saturated carbocycles. The van der Waals surface area contributed by atoms with E-state index < -0.39 is 0 Å². The minimum absolute atomic E-state index is 0.0693. The number of furan rings is 1. The number of aryl methyl sites for hydroxylation is 1. The second-order valence-electron chi connectivity index (χ2n) is 6.62. The van der Waals surface area contributed by atoms with E-state index in [1.54, 1.807) is 6.26 Å². The van der Waals surface area contributed by atoms with Crippen molar-refractivity contribution in [3.8, 4) is 0 Å². The standard InChI is InChI=1S/C19H22N4O2/c1-13-5-3-7-18-21-15(12-22(13)18)11-20-19(24)23(16-8-9-16)14(2)17-6-4-10-25-17/h3-7,10,12,14,16H,8-9,11H2,1-2H3,(H,20,24)/t14-/m0/s1. The molecule has 0 aliphatic heterocycles. The van der Waals surface area contributed by atoms with Gasteiger partial charge in [0, 0.05) is 17.9 Å². The van der Waals surface area contributed by atoms with E-state index in [1.807, 2.05) is 59.7 Å². The van der Waals surface area contributed by atoms with E-state index in [-0.39, 0.29) is 12.1 Å². The molecule has 25 heavy (non-hydrogen) atoms. The first-order chi connectivity index (χ1) is 12.1. The molecule has 0 aromatic carbocycles. The molecule has 0 radical (unpaired) electrons. The molecule has 0 saturated heterocycles. The first-order valence-electron chi connectivity index (χ1n) is 8.66. The van der Waals surface area contributed by atoms with Gasteiger partial charge in [0.2, 0.25) is 0 Å². The number of amides is 2. The van der Waals surface area contributed by atoms with Crippen LogP contribution in [0.15, 0.2) is 47.2 Å². The van der Waals surface area contributed by atoms with Gasteiger partial charge in [-0.1, -0.05) is 6.07 Å². The molecule has 1 aliphatic rings. The highest BCUT2D eigenvalue weighted by molar-refractivity contribution is 5.75. The van der Waals surface area contributed by atoms with Crippen molar-refractivity contribution in [2.24, 2.45) is 0 Å². The third-order valence-electron chi connectivity index (χ3n) is 4.71. The van der Waals surface area contributed by atoms with Crippen LogP contribution in [0.1, 0.15) is 43.0 Å². The molecule has 0 unspecified atom stereocenters. The Hall–Kier alpha value is -2.76. The first-order valence-corrected chi connectivity index (χ1v) is 8.66. The molecule has 1 atom stereocenters. The summed E-state index contributed by atoms with van der Waals surface area (Å²) in [7, 11) is 0. The van der Waals surface area contributed by atoms with Crippen LogP contribution in [0.5, 0.6) is 0 Å². The quantitative estimate of drug-likeness (QED) is 0.772. The molecular formula is C19H22N4O2. The lowest BCUT2D eigenvalue weighted by Gasteiger charge is -2.28. The van der Waals surface area contributed by atoms with E-state index in [2.05, 4.69) is 10.3 Å². The maximum Gasteiger partial charge on any atom is 0.318 e. The monoisotopic (exact) mass is 338 g/mol. The van der Waals surface area contributed by atoms with E-state index in [0.29, 0.717) is 12.6 Å². The number of nitrogens with zero attached hydrogens (tertiary/aromatic N) is 3. The number of aromatic nitrogens is 2. The summed E-state index contributed by atoms with van der Waals surface area (Å²) in [5.41, 5.74) is 2.87. The van der Waals surface area contributed by atoms with Crippen LogP contribution in [0.25, 0.3) is 5.65 Å². The maximum atomic E-state index is 12.8. The SMILES string of the molecule is Cc1cccc2nc(CNC(=O)N(C3CC3)[C@@H](C)c3ccco3)cn12. The number of fused-ring (bicyclic) bond motifs is 1. The number of carbonyl (C=O) groups excluding carboxylic acids is 1. The summed E-state index contributed by atoms with van der Waals surface area (Å²) < 4.78 is 7.52. The van der Waals surface area contributed by atoms with Crippen molar-refractivity contribution in [1.29, 1.82) is 0 Å². The predicted molar refractivity (Wildman–Crippen MR) is 94.1 cm³/mol. The van der Waals surface area contributed by atoms with Crippen LogP contribution >= 0.6 is 0 Å². The summed E-state index contributed by atoms with van der Waals surface area (Å²) in [5.74, 6) is 0.811. The van der Waals surface area contributed by atoms with E-state index in [0.717, 1.165) is 35.6 Å². The van der Waals surface area contributed by atoms with Gasteiger partial charge in [-0.2, -0.15) is 0 Å². The van der Waals surface area contributed by atoms with Crippen LogP contribution in [-0.4, -0.2) is 26.4 Å². The molecule has 130 valence electrons. The molecule has 0 spiro atoms. The van der Waals surface area contributed by atoms with Crippen LogP contribution < -0.4 is 5.32 Å². The molecule has 0 bridgehead atoms. The Kier molecular flexibility index (Phi) is 3.95. The smallest absolute Gasteiger partial charge is 0.318 e. The second kappa shape index (κ2) is 6.27. The summed E-state index contributed by atoms with van der Waals surface area (Å²) in [6.07, 6.45) is 5.72. The Morgan fingerprint density at radius 2 is 2.24 bits per heavy atom. The molecule has 3 aromatic heterocycles. The van der Waals surface area contributed by atoms with E-state index in [1.165, 1.54) is 0 Å². The molecule has 1 aliphatic carbocycles. The van der Waals surface area contributed by atoms with Gasteiger partial charge in [0.1, 0.15) is 11.4 Å². The van der Waals surface area contributed by atoms with Crippen LogP contribution in [0.2, 0.25) is 0 Å². The van der Waals surface area contributed by atoms with E-state index >= 15 is 0 Å². The van der Waals surface area contributed by atoms with Crippen LogP contribution in [-0.2, 0) is 6.54 Å². The average molecular weight is 338 g/mol. The maximum absolute atomic E-state index is 12.8. The second-order valence-corrected chi connectivity index (χ2v) is 6.62. The fourth-order valence-electron chi connectivity index (χ4n) is 3.22. The normalized spacial score (nSPS) is 15.3. The minimum atomic E-state index is -0.0780. The van der Waals surface area contributed by atoms with Crippen molar-refractivity contribution in [3.63, 3.8) is 0 Å². The molecule has 3 aromatic rings. The lowest BCUT2D eigenvalue weighted by Crippen LogP contribution is -2.42. The highest BCUT2D eigenvalue weighted by Crippen LogP contribution is 2.34. The van der Waals surface area contributed by atoms with Gasteiger partial charge < -0.3 is 19.0 Å². The predicted octanol–water partition coefficient (Wildman–Crippen LogP) is 3.67. The number of rotatable bonds is 5. The molecule has 1 N–H and O–H groups in total. The van der Waals surface area contributed by atoms with Gasteiger partial charge in [-0.15, -0.1) is 0 Å². The fraction of sp³-hybridized carbons (Fsp3) is 0.368. The van der Waals surface area contributed by atoms with Crippen molar-refractivity contribution >= 4 is 11.7 Å². The van der Waals surface area contributed by atoms with Gasteiger partial charge in [0.05, 0.1) is 24.5 Å². The molecule has 6 nitrogen and oxygen atoms in total. The van der Waals surface area contributed by atoms with E-state index in [9.17, 15) is 4.79 Å². The fourth-order valence-corrected chi connectivity index (χ4v) is 3.22. The number of carbonyl (C=O) groups is 1. The summed E-state index contributed by atoms with van der Waals surface area (Å²) in [5, 5.41) is 3.01. The number of urea groups is 1. The lowest BCUT2D eigenvalue weighted by atomic mass is 10.2. The third-order valence-corrected chi connectivity index (χ3v) is 4.71. The van der Waals surface area contributed by atoms with Crippen molar-refractivity contribution < 1.29 is 9.21 Å². The topological polar surface area (TPSA) is 62.8 Å². The molecule has 3 heterocycles. The largest absolute Gasteiger partial charge is 0.467 e. The van der Waals surface area contributed by atoms with Crippen LogP contribution in [0.3, 0.4) is 0 Å². The summed E-state index contributed by atoms with van der Waals surface area (Å²) in [6, 6.07) is 9.91. The zero-order chi connectivity index (χ0) is 17.4. The summed E-state index contributed by atoms with van der Waals surface area (Å²) in [4.78, 5) is 19.2. The Morgan fingerprint density at radius 1 is 1.40 bits per heavy atom. The minimum Gasteiger partial charge on any atom is -0.467 e. The van der Waals surface area contributed by atoms with Gasteiger partial charge in [-0.25, -0.2) is 9.78 Å².